The van der Waals surface area contributed by atoms with Crippen molar-refractivity contribution in [1.82, 2.24) is 9.88 Å². The number of hydrogen-bond donors (Lipinski definition) is 1. The smallest absolute Gasteiger partial charge is 0.257 e. The molecule has 1 aromatic heterocycles. The molecule has 0 saturated carbocycles. The summed E-state index contributed by atoms with van der Waals surface area (Å²) in [5, 5.41) is 3.85. The summed E-state index contributed by atoms with van der Waals surface area (Å²) in [5.41, 5.74) is 0.783. The molecular weight excluding hydrogens is 350 g/mol. The Labute approximate surface area is 148 Å². The first-order chi connectivity index (χ1) is 11.5. The van der Waals surface area contributed by atoms with E-state index in [0.717, 1.165) is 10.4 Å². The van der Waals surface area contributed by atoms with E-state index < -0.39 is 12.1 Å². The van der Waals surface area contributed by atoms with Crippen molar-refractivity contribution < 1.29 is 14.3 Å². The second-order valence-corrected chi connectivity index (χ2v) is 7.17. The standard InChI is InChI=1S/C16H16ClN3O3S/c1-9-7-18-16(24-9)19-15(22)14-13(20(2)12(21)8-23-14)10-3-5-11(17)6-4-10/h3-7,13-14H,8H2,1-2H3,(H,18,19,22)/t13-,14+/m0/s1. The summed E-state index contributed by atoms with van der Waals surface area (Å²) < 4.78 is 5.54. The van der Waals surface area contributed by atoms with Gasteiger partial charge in [0, 0.05) is 23.1 Å². The summed E-state index contributed by atoms with van der Waals surface area (Å²) in [6, 6.07) is 6.51. The van der Waals surface area contributed by atoms with E-state index in [-0.39, 0.29) is 18.4 Å². The van der Waals surface area contributed by atoms with Crippen LogP contribution in [0.2, 0.25) is 5.02 Å². The van der Waals surface area contributed by atoms with Crippen LogP contribution in [0.4, 0.5) is 5.13 Å². The van der Waals surface area contributed by atoms with E-state index in [1.165, 1.54) is 16.2 Å². The molecule has 1 aliphatic heterocycles. The Bertz CT molecular complexity index is 762. The lowest BCUT2D eigenvalue weighted by Gasteiger charge is -2.38. The maximum Gasteiger partial charge on any atom is 0.257 e. The van der Waals surface area contributed by atoms with Crippen LogP contribution in [0.1, 0.15) is 16.5 Å². The molecule has 2 amide bonds. The van der Waals surface area contributed by atoms with Gasteiger partial charge in [0.1, 0.15) is 6.61 Å². The van der Waals surface area contributed by atoms with Crippen molar-refractivity contribution in [2.45, 2.75) is 19.1 Å². The van der Waals surface area contributed by atoms with Gasteiger partial charge in [0.25, 0.3) is 5.91 Å². The fraction of sp³-hybridized carbons (Fsp3) is 0.312. The summed E-state index contributed by atoms with van der Waals surface area (Å²) >= 11 is 7.31. The van der Waals surface area contributed by atoms with Crippen molar-refractivity contribution >= 4 is 39.9 Å². The molecule has 1 aliphatic rings. The summed E-state index contributed by atoms with van der Waals surface area (Å²) in [4.78, 5) is 31.3. The first kappa shape index (κ1) is 16.9. The number of benzene rings is 1. The summed E-state index contributed by atoms with van der Waals surface area (Å²) in [7, 11) is 1.66. The van der Waals surface area contributed by atoms with Gasteiger partial charge in [-0.15, -0.1) is 11.3 Å². The number of carbonyl (C=O) groups is 2. The van der Waals surface area contributed by atoms with Gasteiger partial charge in [-0.2, -0.15) is 0 Å². The zero-order chi connectivity index (χ0) is 17.3. The minimum atomic E-state index is -0.821. The number of carbonyl (C=O) groups excluding carboxylic acids is 2. The Kier molecular flexibility index (Phi) is 4.84. The Morgan fingerprint density at radius 1 is 1.42 bits per heavy atom. The Hall–Kier alpha value is -1.96. The molecule has 24 heavy (non-hydrogen) atoms. The lowest BCUT2D eigenvalue weighted by atomic mass is 9.98. The van der Waals surface area contributed by atoms with Crippen molar-refractivity contribution in [3.8, 4) is 0 Å². The second kappa shape index (κ2) is 6.88. The molecule has 0 aliphatic carbocycles. The van der Waals surface area contributed by atoms with Crippen molar-refractivity contribution in [2.24, 2.45) is 0 Å². The molecule has 1 fully saturated rings. The average Bonchev–Trinajstić information content (AvgIpc) is 2.96. The lowest BCUT2D eigenvalue weighted by Crippen LogP contribution is -2.51. The average molecular weight is 366 g/mol. The van der Waals surface area contributed by atoms with E-state index in [1.807, 2.05) is 6.92 Å². The van der Waals surface area contributed by atoms with Gasteiger partial charge in [-0.25, -0.2) is 4.98 Å². The maximum absolute atomic E-state index is 12.6. The van der Waals surface area contributed by atoms with Crippen LogP contribution >= 0.6 is 22.9 Å². The van der Waals surface area contributed by atoms with Gasteiger partial charge in [0.05, 0.1) is 6.04 Å². The van der Waals surface area contributed by atoms with E-state index in [2.05, 4.69) is 10.3 Å². The van der Waals surface area contributed by atoms with Crippen LogP contribution < -0.4 is 5.32 Å². The summed E-state index contributed by atoms with van der Waals surface area (Å²) in [6.07, 6.45) is 0.868. The first-order valence-corrected chi connectivity index (χ1v) is 8.51. The molecule has 6 nitrogen and oxygen atoms in total. The molecule has 2 atom stereocenters. The molecule has 0 spiro atoms. The third kappa shape index (κ3) is 3.43. The normalized spacial score (nSPS) is 21.0. The molecule has 1 saturated heterocycles. The van der Waals surface area contributed by atoms with Gasteiger partial charge in [-0.1, -0.05) is 23.7 Å². The fourth-order valence-corrected chi connectivity index (χ4v) is 3.37. The highest BCUT2D eigenvalue weighted by atomic mass is 35.5. The van der Waals surface area contributed by atoms with E-state index in [9.17, 15) is 9.59 Å². The van der Waals surface area contributed by atoms with Crippen LogP contribution in [-0.2, 0) is 14.3 Å². The Morgan fingerprint density at radius 2 is 2.12 bits per heavy atom. The number of aromatic nitrogens is 1. The van der Waals surface area contributed by atoms with Crippen molar-refractivity contribution in [3.63, 3.8) is 0 Å². The zero-order valence-corrected chi connectivity index (χ0v) is 14.7. The van der Waals surface area contributed by atoms with Crippen LogP contribution in [0, 0.1) is 6.92 Å². The number of morpholine rings is 1. The number of nitrogens with zero attached hydrogens (tertiary/aromatic N) is 2. The molecule has 2 heterocycles. The number of anilines is 1. The minimum Gasteiger partial charge on any atom is -0.356 e. The highest BCUT2D eigenvalue weighted by Gasteiger charge is 2.40. The van der Waals surface area contributed by atoms with E-state index in [1.54, 1.807) is 37.5 Å². The van der Waals surface area contributed by atoms with E-state index in [0.29, 0.717) is 10.2 Å². The highest BCUT2D eigenvalue weighted by Crippen LogP contribution is 2.31. The number of aryl methyl sites for hydroxylation is 1. The van der Waals surface area contributed by atoms with E-state index >= 15 is 0 Å². The number of hydrogen-bond acceptors (Lipinski definition) is 5. The lowest BCUT2D eigenvalue weighted by molar-refractivity contribution is -0.160. The summed E-state index contributed by atoms with van der Waals surface area (Å²) in [6.45, 7) is 1.78. The van der Waals surface area contributed by atoms with Gasteiger partial charge in [0.2, 0.25) is 5.91 Å². The Balaban J connectivity index is 1.86. The van der Waals surface area contributed by atoms with Crippen LogP contribution in [0.25, 0.3) is 0 Å². The number of rotatable bonds is 3. The van der Waals surface area contributed by atoms with Gasteiger partial charge in [0.15, 0.2) is 11.2 Å². The number of nitrogens with one attached hydrogen (secondary N) is 1. The van der Waals surface area contributed by atoms with Crippen LogP contribution in [-0.4, -0.2) is 41.5 Å². The quantitative estimate of drug-likeness (QED) is 0.907. The first-order valence-electron chi connectivity index (χ1n) is 7.31. The maximum atomic E-state index is 12.6. The van der Waals surface area contributed by atoms with Gasteiger partial charge >= 0.3 is 0 Å². The molecule has 8 heteroatoms. The molecular formula is C16H16ClN3O3S. The topological polar surface area (TPSA) is 71.5 Å². The molecule has 1 aromatic carbocycles. The number of thiazole rings is 1. The van der Waals surface area contributed by atoms with Crippen molar-refractivity contribution in [2.75, 3.05) is 19.0 Å². The molecule has 0 unspecified atom stereocenters. The predicted molar refractivity (Wildman–Crippen MR) is 92.2 cm³/mol. The SMILES string of the molecule is Cc1cnc(NC(=O)[C@@H]2OCC(=O)N(C)[C@H]2c2ccc(Cl)cc2)s1. The minimum absolute atomic E-state index is 0.129. The molecule has 2 aromatic rings. The second-order valence-electron chi connectivity index (χ2n) is 5.50. The molecule has 0 bridgehead atoms. The van der Waals surface area contributed by atoms with Crippen LogP contribution in [0.3, 0.4) is 0 Å². The van der Waals surface area contributed by atoms with Gasteiger partial charge < -0.3 is 9.64 Å². The molecule has 0 radical (unpaired) electrons. The third-order valence-electron chi connectivity index (χ3n) is 3.81. The van der Waals surface area contributed by atoms with Crippen molar-refractivity contribution in [3.05, 3.63) is 45.9 Å². The Morgan fingerprint density at radius 3 is 2.75 bits per heavy atom. The van der Waals surface area contributed by atoms with E-state index in [4.69, 9.17) is 16.3 Å². The molecule has 3 rings (SSSR count). The van der Waals surface area contributed by atoms with Crippen molar-refractivity contribution in [1.29, 1.82) is 0 Å². The molecule has 1 N–H and O–H groups in total. The predicted octanol–water partition coefficient (Wildman–Crippen LogP) is 2.64. The summed E-state index contributed by atoms with van der Waals surface area (Å²) in [5.74, 6) is -0.507. The monoisotopic (exact) mass is 365 g/mol. The molecule has 126 valence electrons. The van der Waals surface area contributed by atoms with Gasteiger partial charge in [-0.3, -0.25) is 14.9 Å². The number of amides is 2. The van der Waals surface area contributed by atoms with Crippen LogP contribution in [0.15, 0.2) is 30.5 Å². The third-order valence-corrected chi connectivity index (χ3v) is 4.89. The highest BCUT2D eigenvalue weighted by molar-refractivity contribution is 7.15. The number of halogens is 1. The fourth-order valence-electron chi connectivity index (χ4n) is 2.58. The largest absolute Gasteiger partial charge is 0.356 e. The number of ether oxygens (including phenoxy) is 1. The van der Waals surface area contributed by atoms with Gasteiger partial charge in [-0.05, 0) is 24.6 Å². The zero-order valence-electron chi connectivity index (χ0n) is 13.2. The van der Waals surface area contributed by atoms with Crippen LogP contribution in [0.5, 0.6) is 0 Å². The number of likely N-dealkylation sites (N-methyl/N-ethyl adjacent to an activating group) is 1.